The topological polar surface area (TPSA) is 79.1 Å². The molecule has 4 aromatic rings. The van der Waals surface area contributed by atoms with E-state index in [-0.39, 0.29) is 30.2 Å². The fourth-order valence-corrected chi connectivity index (χ4v) is 6.56. The first kappa shape index (κ1) is 30.0. The van der Waals surface area contributed by atoms with E-state index >= 15 is 0 Å². The van der Waals surface area contributed by atoms with Crippen molar-refractivity contribution in [3.8, 4) is 11.5 Å². The number of ether oxygens (including phenoxy) is 3. The zero-order valence-corrected chi connectivity index (χ0v) is 26.6. The molecule has 0 radical (unpaired) electrons. The monoisotopic (exact) mass is 718 g/mol. The molecule has 2 heterocycles. The predicted molar refractivity (Wildman–Crippen MR) is 168 cm³/mol. The summed E-state index contributed by atoms with van der Waals surface area (Å²) in [6.45, 7) is 3.77. The molecule has 0 N–H and O–H groups in total. The molecular formula is C31H25ClFIN2O5S. The fraction of sp³-hybridized carbons (Fsp3) is 0.194. The third-order valence-corrected chi connectivity index (χ3v) is 8.52. The van der Waals surface area contributed by atoms with E-state index < -0.39 is 12.0 Å². The summed E-state index contributed by atoms with van der Waals surface area (Å²) >= 11 is 9.96. The maximum absolute atomic E-state index is 14.1. The zero-order chi connectivity index (χ0) is 30.0. The van der Waals surface area contributed by atoms with Crippen LogP contribution in [-0.4, -0.2) is 24.3 Å². The number of rotatable bonds is 8. The summed E-state index contributed by atoms with van der Waals surface area (Å²) in [5.41, 5.74) is 2.32. The molecule has 42 heavy (non-hydrogen) atoms. The van der Waals surface area contributed by atoms with Gasteiger partial charge in [0.2, 0.25) is 0 Å². The van der Waals surface area contributed by atoms with Gasteiger partial charge in [-0.05, 0) is 84.0 Å². The lowest BCUT2D eigenvalue weighted by atomic mass is 9.96. The van der Waals surface area contributed by atoms with Crippen LogP contribution in [0.15, 0.2) is 81.7 Å². The van der Waals surface area contributed by atoms with Crippen LogP contribution in [0.4, 0.5) is 4.39 Å². The average Bonchev–Trinajstić information content (AvgIpc) is 3.26. The Bertz CT molecular complexity index is 1880. The number of aromatic nitrogens is 1. The van der Waals surface area contributed by atoms with Crippen LogP contribution in [0, 0.1) is 9.39 Å². The number of benzene rings is 3. The Morgan fingerprint density at radius 2 is 1.93 bits per heavy atom. The SMILES string of the molecule is CCOC(=O)C1=C(C)N=c2s/c(=C\c3cc(I)cc(OC)c3OCc3ccc(F)cc3)c(=O)n2[C@@H]1c1ccccc1Cl. The molecule has 1 atom stereocenters. The molecule has 1 aromatic heterocycles. The van der Waals surface area contributed by atoms with E-state index in [9.17, 15) is 14.0 Å². The number of hydrogen-bond acceptors (Lipinski definition) is 7. The lowest BCUT2D eigenvalue weighted by Gasteiger charge is -2.25. The zero-order valence-electron chi connectivity index (χ0n) is 22.8. The number of thiazole rings is 1. The highest BCUT2D eigenvalue weighted by Crippen LogP contribution is 2.36. The van der Waals surface area contributed by atoms with Gasteiger partial charge < -0.3 is 14.2 Å². The van der Waals surface area contributed by atoms with Crippen LogP contribution < -0.4 is 24.4 Å². The van der Waals surface area contributed by atoms with Gasteiger partial charge in [0.1, 0.15) is 18.5 Å². The number of carbonyl (C=O) groups is 1. The van der Waals surface area contributed by atoms with Crippen LogP contribution >= 0.6 is 45.5 Å². The molecule has 0 saturated heterocycles. The number of methoxy groups -OCH3 is 1. The van der Waals surface area contributed by atoms with Gasteiger partial charge in [-0.1, -0.05) is 53.3 Å². The first-order valence-corrected chi connectivity index (χ1v) is 15.2. The highest BCUT2D eigenvalue weighted by molar-refractivity contribution is 14.1. The van der Waals surface area contributed by atoms with Crippen LogP contribution in [-0.2, 0) is 16.1 Å². The summed E-state index contributed by atoms with van der Waals surface area (Å²) in [5.74, 6) is 0.0198. The minimum Gasteiger partial charge on any atom is -0.493 e. The molecule has 0 amide bonds. The normalized spacial score (nSPS) is 14.8. The number of carbonyl (C=O) groups excluding carboxylic acids is 1. The standard InChI is InChI=1S/C31H25ClFIN2O5S/c1-4-40-30(38)26-17(2)35-31-36(27(26)22-7-5-6-8-23(22)32)29(37)25(42-31)14-19-13-21(34)15-24(39-3)28(19)41-16-18-9-11-20(33)12-10-18/h5-15,27H,4,16H2,1-3H3/b25-14-/t27-/m1/s1. The summed E-state index contributed by atoms with van der Waals surface area (Å²) < 4.78 is 33.3. The van der Waals surface area contributed by atoms with Crippen molar-refractivity contribution >= 4 is 57.6 Å². The molecule has 0 fully saturated rings. The number of nitrogens with zero attached hydrogens (tertiary/aromatic N) is 2. The number of hydrogen-bond donors (Lipinski definition) is 0. The molecule has 11 heteroatoms. The van der Waals surface area contributed by atoms with Gasteiger partial charge in [0, 0.05) is 14.2 Å². The summed E-state index contributed by atoms with van der Waals surface area (Å²) in [7, 11) is 1.54. The lowest BCUT2D eigenvalue weighted by molar-refractivity contribution is -0.139. The molecule has 5 rings (SSSR count). The Hall–Kier alpha value is -3.48. The fourth-order valence-electron chi connectivity index (χ4n) is 4.66. The number of allylic oxidation sites excluding steroid dienone is 1. The van der Waals surface area contributed by atoms with E-state index in [0.29, 0.717) is 42.7 Å². The van der Waals surface area contributed by atoms with Crippen LogP contribution in [0.5, 0.6) is 11.5 Å². The summed E-state index contributed by atoms with van der Waals surface area (Å²) in [6.07, 6.45) is 1.72. The number of halogens is 3. The van der Waals surface area contributed by atoms with Crippen molar-refractivity contribution in [3.05, 3.63) is 123 Å². The smallest absolute Gasteiger partial charge is 0.338 e. The molecule has 0 saturated carbocycles. The molecule has 0 bridgehead atoms. The van der Waals surface area contributed by atoms with Crippen molar-refractivity contribution in [3.63, 3.8) is 0 Å². The Balaban J connectivity index is 1.67. The van der Waals surface area contributed by atoms with Crippen molar-refractivity contribution in [1.29, 1.82) is 0 Å². The third-order valence-electron chi connectivity index (χ3n) is 6.57. The molecule has 3 aromatic carbocycles. The van der Waals surface area contributed by atoms with E-state index in [0.717, 1.165) is 9.13 Å². The van der Waals surface area contributed by atoms with Gasteiger partial charge in [-0.15, -0.1) is 0 Å². The van der Waals surface area contributed by atoms with Gasteiger partial charge in [-0.2, -0.15) is 0 Å². The molecule has 7 nitrogen and oxygen atoms in total. The van der Waals surface area contributed by atoms with Gasteiger partial charge in [-0.25, -0.2) is 14.2 Å². The molecule has 1 aliphatic heterocycles. The minimum atomic E-state index is -0.823. The van der Waals surface area contributed by atoms with E-state index in [4.69, 9.17) is 25.8 Å². The van der Waals surface area contributed by atoms with Crippen LogP contribution in [0.2, 0.25) is 5.02 Å². The maximum Gasteiger partial charge on any atom is 0.338 e. The van der Waals surface area contributed by atoms with Crippen molar-refractivity contribution in [2.45, 2.75) is 26.5 Å². The first-order chi connectivity index (χ1) is 20.2. The van der Waals surface area contributed by atoms with Crippen molar-refractivity contribution in [1.82, 2.24) is 4.57 Å². The Kier molecular flexibility index (Phi) is 9.14. The van der Waals surface area contributed by atoms with Gasteiger partial charge in [-0.3, -0.25) is 9.36 Å². The molecule has 216 valence electrons. The average molecular weight is 719 g/mol. The van der Waals surface area contributed by atoms with Gasteiger partial charge in [0.05, 0.1) is 29.5 Å². The predicted octanol–water partition coefficient (Wildman–Crippen LogP) is 5.78. The molecule has 1 aliphatic rings. The Morgan fingerprint density at radius 3 is 2.62 bits per heavy atom. The second-order valence-electron chi connectivity index (χ2n) is 9.27. The van der Waals surface area contributed by atoms with Gasteiger partial charge in [0.15, 0.2) is 16.3 Å². The second kappa shape index (κ2) is 12.8. The Labute approximate surface area is 263 Å². The van der Waals surface area contributed by atoms with Crippen molar-refractivity contribution < 1.29 is 23.4 Å². The van der Waals surface area contributed by atoms with E-state index in [2.05, 4.69) is 27.6 Å². The van der Waals surface area contributed by atoms with Crippen LogP contribution in [0.25, 0.3) is 6.08 Å². The largest absolute Gasteiger partial charge is 0.493 e. The van der Waals surface area contributed by atoms with Crippen molar-refractivity contribution in [2.24, 2.45) is 4.99 Å². The Morgan fingerprint density at radius 1 is 1.19 bits per heavy atom. The number of esters is 1. The summed E-state index contributed by atoms with van der Waals surface area (Å²) in [4.78, 5) is 32.2. The maximum atomic E-state index is 14.1. The highest BCUT2D eigenvalue weighted by Gasteiger charge is 2.34. The van der Waals surface area contributed by atoms with Gasteiger partial charge >= 0.3 is 5.97 Å². The van der Waals surface area contributed by atoms with E-state index in [1.165, 1.54) is 35.1 Å². The van der Waals surface area contributed by atoms with E-state index in [1.54, 1.807) is 56.3 Å². The first-order valence-electron chi connectivity index (χ1n) is 12.9. The quantitative estimate of drug-likeness (QED) is 0.171. The lowest BCUT2D eigenvalue weighted by Crippen LogP contribution is -2.40. The van der Waals surface area contributed by atoms with E-state index in [1.807, 2.05) is 12.1 Å². The third kappa shape index (κ3) is 6.02. The molecule has 0 aliphatic carbocycles. The molecule has 0 spiro atoms. The molecule has 0 unspecified atom stereocenters. The minimum absolute atomic E-state index is 0.161. The van der Waals surface area contributed by atoms with Crippen molar-refractivity contribution in [2.75, 3.05) is 13.7 Å². The van der Waals surface area contributed by atoms with Crippen LogP contribution in [0.1, 0.15) is 36.6 Å². The molecular weight excluding hydrogens is 694 g/mol. The summed E-state index contributed by atoms with van der Waals surface area (Å²) in [6, 6.07) is 16.0. The van der Waals surface area contributed by atoms with Gasteiger partial charge in [0.25, 0.3) is 5.56 Å². The second-order valence-corrected chi connectivity index (χ2v) is 11.9. The number of fused-ring (bicyclic) bond motifs is 1. The highest BCUT2D eigenvalue weighted by atomic mass is 127. The summed E-state index contributed by atoms with van der Waals surface area (Å²) in [5, 5.41) is 0.410. The van der Waals surface area contributed by atoms with Crippen LogP contribution in [0.3, 0.4) is 0 Å².